The second-order valence-electron chi connectivity index (χ2n) is 6.29. The molecule has 1 N–H and O–H groups in total. The predicted molar refractivity (Wildman–Crippen MR) is 97.1 cm³/mol. The molecule has 1 fully saturated rings. The molecule has 4 rings (SSSR count). The number of amides is 1. The number of benzene rings is 1. The number of nitrogens with zero attached hydrogens (tertiary/aromatic N) is 4. The normalized spacial score (nSPS) is 13.8. The molecule has 0 bridgehead atoms. The molecule has 0 unspecified atom stereocenters. The smallest absolute Gasteiger partial charge is 0.257 e. The van der Waals surface area contributed by atoms with E-state index < -0.39 is 17.5 Å². The topological polar surface area (TPSA) is 63.1 Å². The van der Waals surface area contributed by atoms with Crippen LogP contribution in [0.1, 0.15) is 23.2 Å². The minimum atomic E-state index is -0.681. The van der Waals surface area contributed by atoms with Crippen molar-refractivity contribution in [2.24, 2.45) is 0 Å². The minimum absolute atomic E-state index is 0.0317. The van der Waals surface area contributed by atoms with Gasteiger partial charge in [0.25, 0.3) is 5.91 Å². The van der Waals surface area contributed by atoms with Crippen LogP contribution in [0.3, 0.4) is 0 Å². The number of anilines is 2. The highest BCUT2D eigenvalue weighted by atomic mass is 19.1. The fourth-order valence-electron chi connectivity index (χ4n) is 3.14. The highest BCUT2D eigenvalue weighted by molar-refractivity contribution is 6.04. The summed E-state index contributed by atoms with van der Waals surface area (Å²) in [5.41, 5.74) is 0.306. The zero-order valence-corrected chi connectivity index (χ0v) is 14.4. The molecule has 0 saturated carbocycles. The first-order chi connectivity index (χ1) is 13.1. The SMILES string of the molecule is O=C(Nc1cc(F)c(N2CCCC2)c(F)c1)c1ccc(-n2cccn2)nc1. The lowest BCUT2D eigenvalue weighted by atomic mass is 10.2. The zero-order chi connectivity index (χ0) is 18.8. The van der Waals surface area contributed by atoms with E-state index in [9.17, 15) is 13.6 Å². The Morgan fingerprint density at radius 3 is 2.44 bits per heavy atom. The van der Waals surface area contributed by atoms with Crippen LogP contribution in [0.25, 0.3) is 5.82 Å². The molecule has 0 radical (unpaired) electrons. The average Bonchev–Trinajstić information content (AvgIpc) is 3.35. The molecule has 3 heterocycles. The Bertz CT molecular complexity index is 928. The second kappa shape index (κ2) is 7.14. The molecular formula is C19H17F2N5O. The van der Waals surface area contributed by atoms with Crippen molar-refractivity contribution in [2.75, 3.05) is 23.3 Å². The molecule has 3 aromatic rings. The maximum atomic E-state index is 14.4. The number of nitrogens with one attached hydrogen (secondary N) is 1. The summed E-state index contributed by atoms with van der Waals surface area (Å²) in [6.07, 6.45) is 6.57. The van der Waals surface area contributed by atoms with E-state index in [-0.39, 0.29) is 16.9 Å². The molecule has 8 heteroatoms. The number of hydrogen-bond donors (Lipinski definition) is 1. The van der Waals surface area contributed by atoms with Crippen molar-refractivity contribution >= 4 is 17.3 Å². The maximum Gasteiger partial charge on any atom is 0.257 e. The number of halogens is 2. The standard InChI is InChI=1S/C19H17F2N5O/c20-15-10-14(11-16(21)18(15)25-7-1-2-8-25)24-19(27)13-4-5-17(22-12-13)26-9-3-6-23-26/h3-6,9-12H,1-2,7-8H2,(H,24,27). The van der Waals surface area contributed by atoms with Gasteiger partial charge in [0.1, 0.15) is 5.69 Å². The third kappa shape index (κ3) is 3.51. The summed E-state index contributed by atoms with van der Waals surface area (Å²) < 4.78 is 30.3. The Morgan fingerprint density at radius 1 is 1.11 bits per heavy atom. The van der Waals surface area contributed by atoms with E-state index in [1.54, 1.807) is 40.2 Å². The first-order valence-electron chi connectivity index (χ1n) is 8.63. The Balaban J connectivity index is 1.51. The van der Waals surface area contributed by atoms with Crippen LogP contribution >= 0.6 is 0 Å². The predicted octanol–water partition coefficient (Wildman–Crippen LogP) is 3.40. The van der Waals surface area contributed by atoms with Gasteiger partial charge in [0, 0.05) is 37.4 Å². The number of carbonyl (C=O) groups excluding carboxylic acids is 1. The fourth-order valence-corrected chi connectivity index (χ4v) is 3.14. The Hall–Kier alpha value is -3.29. The third-order valence-corrected chi connectivity index (χ3v) is 4.45. The van der Waals surface area contributed by atoms with Crippen LogP contribution in [-0.4, -0.2) is 33.8 Å². The number of rotatable bonds is 4. The van der Waals surface area contributed by atoms with Gasteiger partial charge in [-0.3, -0.25) is 4.79 Å². The molecule has 138 valence electrons. The molecule has 1 aromatic carbocycles. The van der Waals surface area contributed by atoms with Gasteiger partial charge in [-0.25, -0.2) is 18.4 Å². The molecule has 6 nitrogen and oxygen atoms in total. The van der Waals surface area contributed by atoms with Gasteiger partial charge in [0.05, 0.1) is 5.56 Å². The van der Waals surface area contributed by atoms with Crippen molar-refractivity contribution in [1.29, 1.82) is 0 Å². The molecule has 27 heavy (non-hydrogen) atoms. The van der Waals surface area contributed by atoms with E-state index in [2.05, 4.69) is 15.4 Å². The molecule has 0 atom stereocenters. The van der Waals surface area contributed by atoms with Crippen LogP contribution in [0.2, 0.25) is 0 Å². The van der Waals surface area contributed by atoms with E-state index in [1.807, 2.05) is 0 Å². The van der Waals surface area contributed by atoms with Crippen LogP contribution in [0.15, 0.2) is 48.9 Å². The highest BCUT2D eigenvalue weighted by Gasteiger charge is 2.21. The Morgan fingerprint density at radius 2 is 1.85 bits per heavy atom. The number of hydrogen-bond acceptors (Lipinski definition) is 4. The molecule has 1 amide bonds. The lowest BCUT2D eigenvalue weighted by molar-refractivity contribution is 0.102. The van der Waals surface area contributed by atoms with Crippen molar-refractivity contribution < 1.29 is 13.6 Å². The summed E-state index contributed by atoms with van der Waals surface area (Å²) in [6, 6.07) is 7.25. The van der Waals surface area contributed by atoms with E-state index in [0.717, 1.165) is 25.0 Å². The van der Waals surface area contributed by atoms with Crippen LogP contribution in [0, 0.1) is 11.6 Å². The Kier molecular flexibility index (Phi) is 4.53. The first kappa shape index (κ1) is 17.1. The minimum Gasteiger partial charge on any atom is -0.367 e. The highest BCUT2D eigenvalue weighted by Crippen LogP contribution is 2.29. The molecule has 2 aromatic heterocycles. The van der Waals surface area contributed by atoms with E-state index >= 15 is 0 Å². The van der Waals surface area contributed by atoms with Gasteiger partial charge >= 0.3 is 0 Å². The third-order valence-electron chi connectivity index (χ3n) is 4.45. The monoisotopic (exact) mass is 369 g/mol. The summed E-state index contributed by atoms with van der Waals surface area (Å²) in [4.78, 5) is 18.2. The van der Waals surface area contributed by atoms with Crippen molar-refractivity contribution in [1.82, 2.24) is 14.8 Å². The largest absolute Gasteiger partial charge is 0.367 e. The van der Waals surface area contributed by atoms with Crippen molar-refractivity contribution in [3.05, 3.63) is 66.1 Å². The maximum absolute atomic E-state index is 14.4. The molecule has 1 aliphatic rings. The number of pyridine rings is 1. The summed E-state index contributed by atoms with van der Waals surface area (Å²) in [5.74, 6) is -1.30. The molecule has 1 saturated heterocycles. The van der Waals surface area contributed by atoms with E-state index in [1.165, 1.54) is 6.20 Å². The van der Waals surface area contributed by atoms with Gasteiger partial charge in [0.15, 0.2) is 17.5 Å². The summed E-state index contributed by atoms with van der Waals surface area (Å²) in [7, 11) is 0. The molecule has 1 aliphatic heterocycles. The summed E-state index contributed by atoms with van der Waals surface area (Å²) in [5, 5.41) is 6.57. The average molecular weight is 369 g/mol. The van der Waals surface area contributed by atoms with Crippen LogP contribution < -0.4 is 10.2 Å². The van der Waals surface area contributed by atoms with E-state index in [0.29, 0.717) is 18.9 Å². The summed E-state index contributed by atoms with van der Waals surface area (Å²) in [6.45, 7) is 1.27. The van der Waals surface area contributed by atoms with Gasteiger partial charge < -0.3 is 10.2 Å². The fraction of sp³-hybridized carbons (Fsp3) is 0.211. The van der Waals surface area contributed by atoms with Gasteiger partial charge in [-0.2, -0.15) is 5.10 Å². The summed E-state index contributed by atoms with van der Waals surface area (Å²) >= 11 is 0. The van der Waals surface area contributed by atoms with Crippen molar-refractivity contribution in [3.8, 4) is 5.82 Å². The molecular weight excluding hydrogens is 352 g/mol. The quantitative estimate of drug-likeness (QED) is 0.766. The van der Waals surface area contributed by atoms with Crippen LogP contribution in [-0.2, 0) is 0 Å². The van der Waals surface area contributed by atoms with Gasteiger partial charge in [-0.15, -0.1) is 0 Å². The lowest BCUT2D eigenvalue weighted by Gasteiger charge is -2.19. The zero-order valence-electron chi connectivity index (χ0n) is 14.4. The second-order valence-corrected chi connectivity index (χ2v) is 6.29. The molecule has 0 aliphatic carbocycles. The van der Waals surface area contributed by atoms with Gasteiger partial charge in [0.2, 0.25) is 0 Å². The van der Waals surface area contributed by atoms with Crippen LogP contribution in [0.5, 0.6) is 0 Å². The first-order valence-corrected chi connectivity index (χ1v) is 8.63. The van der Waals surface area contributed by atoms with E-state index in [4.69, 9.17) is 0 Å². The number of carbonyl (C=O) groups is 1. The number of aromatic nitrogens is 3. The van der Waals surface area contributed by atoms with Crippen LogP contribution in [0.4, 0.5) is 20.2 Å². The Labute approximate surface area is 154 Å². The van der Waals surface area contributed by atoms with Gasteiger partial charge in [-0.05, 0) is 43.2 Å². The molecule has 0 spiro atoms. The van der Waals surface area contributed by atoms with Crippen molar-refractivity contribution in [3.63, 3.8) is 0 Å². The van der Waals surface area contributed by atoms with Gasteiger partial charge in [-0.1, -0.05) is 0 Å². The lowest BCUT2D eigenvalue weighted by Crippen LogP contribution is -2.21. The van der Waals surface area contributed by atoms with Crippen molar-refractivity contribution in [2.45, 2.75) is 12.8 Å².